The number of esters is 1. The summed E-state index contributed by atoms with van der Waals surface area (Å²) in [6.07, 6.45) is 3.61. The number of para-hydroxylation sites is 1. The molecule has 0 atom stereocenters. The van der Waals surface area contributed by atoms with Crippen molar-refractivity contribution in [2.45, 2.75) is 51.0 Å². The van der Waals surface area contributed by atoms with Gasteiger partial charge in [-0.2, -0.15) is 0 Å². The molecule has 1 N–H and O–H groups in total. The fraction of sp³-hybridized carbons (Fsp3) is 0.370. The molecule has 1 fully saturated rings. The van der Waals surface area contributed by atoms with Crippen LogP contribution in [0.3, 0.4) is 0 Å². The van der Waals surface area contributed by atoms with Gasteiger partial charge in [-0.15, -0.1) is 11.3 Å². The average molecular weight is 493 g/mol. The minimum Gasteiger partial charge on any atom is -0.486 e. The summed E-state index contributed by atoms with van der Waals surface area (Å²) in [5.41, 5.74) is 2.69. The van der Waals surface area contributed by atoms with Crippen molar-refractivity contribution in [1.82, 2.24) is 4.98 Å². The lowest BCUT2D eigenvalue weighted by Crippen LogP contribution is -2.35. The van der Waals surface area contributed by atoms with E-state index < -0.39 is 5.41 Å². The number of benzene rings is 2. The summed E-state index contributed by atoms with van der Waals surface area (Å²) < 4.78 is 17.1. The molecule has 7 nitrogen and oxygen atoms in total. The van der Waals surface area contributed by atoms with Crippen LogP contribution in [0.15, 0.2) is 47.8 Å². The Kier molecular flexibility index (Phi) is 6.72. The van der Waals surface area contributed by atoms with Crippen LogP contribution in [-0.2, 0) is 32.8 Å². The number of hydrogen-bond donors (Lipinski definition) is 1. The predicted molar refractivity (Wildman–Crippen MR) is 133 cm³/mol. The number of nitrogens with one attached hydrogen (secondary N) is 1. The van der Waals surface area contributed by atoms with Crippen molar-refractivity contribution >= 4 is 28.9 Å². The molecule has 2 aliphatic rings. The molecule has 2 aromatic carbocycles. The lowest BCUT2D eigenvalue weighted by Gasteiger charge is -2.28. The van der Waals surface area contributed by atoms with Gasteiger partial charge in [0.05, 0.1) is 17.5 Å². The first-order chi connectivity index (χ1) is 17.0. The summed E-state index contributed by atoms with van der Waals surface area (Å²) in [4.78, 5) is 30.3. The number of aromatic nitrogens is 1. The van der Waals surface area contributed by atoms with E-state index >= 15 is 0 Å². The van der Waals surface area contributed by atoms with Crippen molar-refractivity contribution < 1.29 is 23.8 Å². The van der Waals surface area contributed by atoms with Gasteiger partial charge in [-0.25, -0.2) is 4.98 Å². The zero-order chi connectivity index (χ0) is 24.3. The molecule has 1 aromatic heterocycles. The van der Waals surface area contributed by atoms with Gasteiger partial charge >= 0.3 is 5.97 Å². The third-order valence-electron chi connectivity index (χ3n) is 6.62. The Balaban J connectivity index is 1.22. The Morgan fingerprint density at radius 1 is 1.09 bits per heavy atom. The first-order valence-electron chi connectivity index (χ1n) is 11.9. The van der Waals surface area contributed by atoms with E-state index in [0.29, 0.717) is 35.4 Å². The van der Waals surface area contributed by atoms with Crippen LogP contribution >= 0.6 is 11.3 Å². The van der Waals surface area contributed by atoms with Crippen molar-refractivity contribution in [1.29, 1.82) is 0 Å². The van der Waals surface area contributed by atoms with Gasteiger partial charge in [-0.1, -0.05) is 37.1 Å². The molecule has 0 radical (unpaired) electrons. The van der Waals surface area contributed by atoms with Crippen molar-refractivity contribution in [3.05, 3.63) is 69.7 Å². The summed E-state index contributed by atoms with van der Waals surface area (Å²) in [6, 6.07) is 13.4. The van der Waals surface area contributed by atoms with Gasteiger partial charge in [0.1, 0.15) is 24.8 Å². The van der Waals surface area contributed by atoms with Gasteiger partial charge in [0.2, 0.25) is 5.91 Å². The molecule has 1 aliphatic heterocycles. The van der Waals surface area contributed by atoms with Crippen LogP contribution in [0, 0.1) is 6.92 Å². The number of anilines is 1. The number of hydrogen-bond acceptors (Lipinski definition) is 7. The molecule has 1 aliphatic carbocycles. The number of rotatable bonds is 7. The molecular formula is C27H28N2O5S. The summed E-state index contributed by atoms with van der Waals surface area (Å²) in [7, 11) is 0. The number of carbonyl (C=O) groups excluding carboxylic acids is 2. The quantitative estimate of drug-likeness (QED) is 0.469. The summed E-state index contributed by atoms with van der Waals surface area (Å²) in [5.74, 6) is 1.03. The second-order valence-corrected chi connectivity index (χ2v) is 9.94. The van der Waals surface area contributed by atoms with Crippen LogP contribution in [0.25, 0.3) is 0 Å². The zero-order valence-corrected chi connectivity index (χ0v) is 20.5. The van der Waals surface area contributed by atoms with Crippen molar-refractivity contribution in [3.8, 4) is 11.5 Å². The largest absolute Gasteiger partial charge is 0.486 e. The summed E-state index contributed by atoms with van der Waals surface area (Å²) >= 11 is 1.39. The normalized spacial score (nSPS) is 16.0. The molecule has 1 amide bonds. The number of thiazole rings is 1. The second-order valence-electron chi connectivity index (χ2n) is 9.00. The summed E-state index contributed by atoms with van der Waals surface area (Å²) in [5, 5.41) is 5.45. The Morgan fingerprint density at radius 3 is 2.66 bits per heavy atom. The lowest BCUT2D eigenvalue weighted by atomic mass is 9.78. The third-order valence-corrected chi connectivity index (χ3v) is 7.52. The molecule has 0 unspecified atom stereocenters. The number of nitrogens with zero attached hydrogens (tertiary/aromatic N) is 1. The molecule has 0 bridgehead atoms. The molecule has 0 spiro atoms. The molecule has 5 rings (SSSR count). The lowest BCUT2D eigenvalue weighted by molar-refractivity contribution is -0.152. The van der Waals surface area contributed by atoms with E-state index in [4.69, 9.17) is 14.2 Å². The Morgan fingerprint density at radius 2 is 1.86 bits per heavy atom. The highest BCUT2D eigenvalue weighted by Gasteiger charge is 2.44. The van der Waals surface area contributed by atoms with Crippen LogP contribution in [0.5, 0.6) is 11.5 Å². The van der Waals surface area contributed by atoms with Crippen LogP contribution in [0.4, 0.5) is 5.69 Å². The maximum Gasteiger partial charge on any atom is 0.316 e. The third kappa shape index (κ3) is 5.03. The first kappa shape index (κ1) is 23.4. The van der Waals surface area contributed by atoms with Crippen LogP contribution in [0.1, 0.15) is 47.5 Å². The Labute approximate surface area is 208 Å². The maximum atomic E-state index is 13.3. The minimum absolute atomic E-state index is 0.0844. The van der Waals surface area contributed by atoms with Gasteiger partial charge in [0.15, 0.2) is 11.5 Å². The fourth-order valence-corrected chi connectivity index (χ4v) is 5.53. The number of carbonyl (C=O) groups is 2. The van der Waals surface area contributed by atoms with Gasteiger partial charge in [-0.05, 0) is 49.1 Å². The molecule has 2 heterocycles. The van der Waals surface area contributed by atoms with Crippen molar-refractivity contribution in [3.63, 3.8) is 0 Å². The fourth-order valence-electron chi connectivity index (χ4n) is 4.75. The molecular weight excluding hydrogens is 464 g/mol. The number of ether oxygens (including phenoxy) is 3. The molecule has 35 heavy (non-hydrogen) atoms. The van der Waals surface area contributed by atoms with E-state index in [1.54, 1.807) is 0 Å². The number of fused-ring (bicyclic) bond motifs is 1. The Bertz CT molecular complexity index is 1230. The maximum absolute atomic E-state index is 13.3. The average Bonchev–Trinajstić information content (AvgIpc) is 3.54. The SMILES string of the molecule is Cc1ccccc1NC(=O)Cc1nc(COC(=O)C2(c3ccc4c(c3)OCCO4)CCCC2)cs1. The minimum atomic E-state index is -0.678. The highest BCUT2D eigenvalue weighted by molar-refractivity contribution is 7.09. The summed E-state index contributed by atoms with van der Waals surface area (Å²) in [6.45, 7) is 3.07. The van der Waals surface area contributed by atoms with E-state index in [9.17, 15) is 9.59 Å². The molecule has 182 valence electrons. The Hall–Kier alpha value is -3.39. The van der Waals surface area contributed by atoms with E-state index in [-0.39, 0.29) is 24.9 Å². The van der Waals surface area contributed by atoms with Crippen molar-refractivity contribution in [2.24, 2.45) is 0 Å². The van der Waals surface area contributed by atoms with E-state index in [1.807, 2.05) is 54.8 Å². The van der Waals surface area contributed by atoms with Crippen LogP contribution < -0.4 is 14.8 Å². The van der Waals surface area contributed by atoms with Gasteiger partial charge in [0.25, 0.3) is 0 Å². The van der Waals surface area contributed by atoms with Crippen LogP contribution in [-0.4, -0.2) is 30.1 Å². The van der Waals surface area contributed by atoms with Crippen LogP contribution in [0.2, 0.25) is 0 Å². The van der Waals surface area contributed by atoms with Gasteiger partial charge in [-0.3, -0.25) is 9.59 Å². The van der Waals surface area contributed by atoms with E-state index in [1.165, 1.54) is 11.3 Å². The molecule has 0 saturated heterocycles. The molecule has 1 saturated carbocycles. The second kappa shape index (κ2) is 10.1. The molecule has 8 heteroatoms. The monoisotopic (exact) mass is 492 g/mol. The number of aryl methyl sites for hydroxylation is 1. The van der Waals surface area contributed by atoms with E-state index in [0.717, 1.165) is 42.5 Å². The van der Waals surface area contributed by atoms with Gasteiger partial charge < -0.3 is 19.5 Å². The highest BCUT2D eigenvalue weighted by Crippen LogP contribution is 2.45. The first-order valence-corrected chi connectivity index (χ1v) is 12.8. The molecule has 3 aromatic rings. The predicted octanol–water partition coefficient (Wildman–Crippen LogP) is 4.96. The van der Waals surface area contributed by atoms with Gasteiger partial charge in [0, 0.05) is 11.1 Å². The smallest absolute Gasteiger partial charge is 0.316 e. The van der Waals surface area contributed by atoms with Crippen molar-refractivity contribution in [2.75, 3.05) is 18.5 Å². The standard InChI is InChI=1S/C27H28N2O5S/c1-18-6-2-3-7-21(18)29-24(30)15-25-28-20(17-35-25)16-34-26(31)27(10-4-5-11-27)19-8-9-22-23(14-19)33-13-12-32-22/h2-3,6-9,14,17H,4-5,10-13,15-16H2,1H3,(H,29,30). The zero-order valence-electron chi connectivity index (χ0n) is 19.7. The topological polar surface area (TPSA) is 86.8 Å². The number of amides is 1. The van der Waals surface area contributed by atoms with E-state index in [2.05, 4.69) is 10.3 Å². The highest BCUT2D eigenvalue weighted by atomic mass is 32.1.